The van der Waals surface area contributed by atoms with E-state index in [4.69, 9.17) is 18.6 Å². The van der Waals surface area contributed by atoms with Crippen LogP contribution in [-0.4, -0.2) is 16.2 Å². The second-order valence-corrected chi connectivity index (χ2v) is 24.3. The summed E-state index contributed by atoms with van der Waals surface area (Å²) in [4.78, 5) is 9.74. The van der Waals surface area contributed by atoms with Gasteiger partial charge in [-0.2, -0.15) is 0 Å². The highest BCUT2D eigenvalue weighted by molar-refractivity contribution is 6.09. The van der Waals surface area contributed by atoms with Crippen LogP contribution >= 0.6 is 0 Å². The standard InChI is InChI=1S/C70H70N4O2/c1-67(2,3)48-31-29-47(30-32-48)60-41-51(70(10,11)12)40-59(46-21-14-13-15-22-46)66(60)76-56-35-36-71-65(44-56)74-61-26-17-16-25-57(61)58-34-33-55(43-64(58)74)75-54-24-20-23-52(42-54)72-45-73(63-28-19-18-27-62(63)72)53-38-49(68(4,5)6)37-50(39-53)69(7,8)9/h13-44H,45H2,1-12H3/i13D,14D,15D,21D,22D. The number of anilines is 4. The van der Waals surface area contributed by atoms with Gasteiger partial charge in [0.1, 0.15) is 35.5 Å². The van der Waals surface area contributed by atoms with Crippen LogP contribution in [0.25, 0.3) is 49.9 Å². The Bertz CT molecular complexity index is 4040. The van der Waals surface area contributed by atoms with Crippen molar-refractivity contribution in [1.29, 1.82) is 0 Å². The van der Waals surface area contributed by atoms with Gasteiger partial charge < -0.3 is 19.3 Å². The Kier molecular flexibility index (Phi) is 11.0. The van der Waals surface area contributed by atoms with Crippen LogP contribution in [0.4, 0.5) is 22.7 Å². The molecule has 0 atom stereocenters. The van der Waals surface area contributed by atoms with E-state index in [9.17, 15) is 2.74 Å². The minimum absolute atomic E-state index is 0.0235. The van der Waals surface area contributed by atoms with Gasteiger partial charge in [0.05, 0.1) is 29.3 Å². The first-order chi connectivity index (χ1) is 38.2. The maximum absolute atomic E-state index is 9.22. The van der Waals surface area contributed by atoms with Gasteiger partial charge in [0.2, 0.25) is 0 Å². The highest BCUT2D eigenvalue weighted by Crippen LogP contribution is 2.48. The maximum atomic E-state index is 9.22. The molecule has 3 heterocycles. The van der Waals surface area contributed by atoms with E-state index < -0.39 is 18.1 Å². The molecular weight excluding hydrogens is 929 g/mol. The molecule has 0 radical (unpaired) electrons. The van der Waals surface area contributed by atoms with Crippen molar-refractivity contribution in [2.24, 2.45) is 0 Å². The number of nitrogens with zero attached hydrogens (tertiary/aromatic N) is 4. The maximum Gasteiger partial charge on any atom is 0.143 e. The van der Waals surface area contributed by atoms with E-state index in [1.807, 2.05) is 42.5 Å². The van der Waals surface area contributed by atoms with Crippen LogP contribution in [0.1, 0.15) is 112 Å². The van der Waals surface area contributed by atoms with E-state index >= 15 is 0 Å². The summed E-state index contributed by atoms with van der Waals surface area (Å²) in [6.07, 6.45) is 1.71. The zero-order chi connectivity index (χ0) is 57.7. The summed E-state index contributed by atoms with van der Waals surface area (Å²) in [5.41, 5.74) is 12.5. The van der Waals surface area contributed by atoms with Crippen molar-refractivity contribution in [3.8, 4) is 51.1 Å². The van der Waals surface area contributed by atoms with Gasteiger partial charge in [0.25, 0.3) is 0 Å². The van der Waals surface area contributed by atoms with Crippen molar-refractivity contribution >= 4 is 44.6 Å². The van der Waals surface area contributed by atoms with Crippen LogP contribution in [0.5, 0.6) is 23.0 Å². The van der Waals surface area contributed by atoms with E-state index in [-0.39, 0.29) is 39.3 Å². The fourth-order valence-corrected chi connectivity index (χ4v) is 10.2. The van der Waals surface area contributed by atoms with E-state index in [0.717, 1.165) is 61.1 Å². The third-order valence-electron chi connectivity index (χ3n) is 14.7. The number of ether oxygens (including phenoxy) is 2. The number of fused-ring (bicyclic) bond motifs is 4. The van der Waals surface area contributed by atoms with E-state index in [2.05, 4.69) is 207 Å². The number of aromatic nitrogens is 2. The predicted molar refractivity (Wildman–Crippen MR) is 319 cm³/mol. The van der Waals surface area contributed by atoms with Crippen LogP contribution < -0.4 is 19.3 Å². The molecular formula is C70H70N4O2. The van der Waals surface area contributed by atoms with Gasteiger partial charge >= 0.3 is 0 Å². The molecule has 0 aliphatic carbocycles. The molecule has 6 heteroatoms. The Morgan fingerprint density at radius 1 is 0.434 bits per heavy atom. The van der Waals surface area contributed by atoms with E-state index in [1.165, 1.54) is 16.8 Å². The van der Waals surface area contributed by atoms with Gasteiger partial charge in [-0.1, -0.05) is 180 Å². The smallest absolute Gasteiger partial charge is 0.143 e. The Morgan fingerprint density at radius 2 is 1.00 bits per heavy atom. The summed E-state index contributed by atoms with van der Waals surface area (Å²) in [5.74, 6) is 2.73. The molecule has 11 rings (SSSR count). The number of para-hydroxylation sites is 3. The molecule has 2 aromatic heterocycles. The van der Waals surface area contributed by atoms with Crippen molar-refractivity contribution in [2.45, 2.75) is 105 Å². The van der Waals surface area contributed by atoms with E-state index in [1.54, 1.807) is 12.3 Å². The van der Waals surface area contributed by atoms with Crippen LogP contribution in [0, 0.1) is 0 Å². The van der Waals surface area contributed by atoms with Gasteiger partial charge in [-0.15, -0.1) is 0 Å². The second kappa shape index (κ2) is 18.9. The van der Waals surface area contributed by atoms with E-state index in [0.29, 0.717) is 41.0 Å². The summed E-state index contributed by atoms with van der Waals surface area (Å²) >= 11 is 0. The zero-order valence-electron chi connectivity index (χ0n) is 50.9. The number of benzene rings is 8. The molecule has 0 unspecified atom stereocenters. The quantitative estimate of drug-likeness (QED) is 0.144. The molecule has 0 amide bonds. The molecule has 10 aromatic rings. The van der Waals surface area contributed by atoms with Crippen LogP contribution in [-0.2, 0) is 21.7 Å². The lowest BCUT2D eigenvalue weighted by molar-refractivity contribution is 0.483. The van der Waals surface area contributed by atoms with Gasteiger partial charge in [-0.3, -0.25) is 4.57 Å². The molecule has 0 saturated carbocycles. The number of hydrogen-bond acceptors (Lipinski definition) is 5. The average molecular weight is 1000 g/mol. The largest absolute Gasteiger partial charge is 0.457 e. The third-order valence-corrected chi connectivity index (χ3v) is 14.7. The Morgan fingerprint density at radius 3 is 1.66 bits per heavy atom. The Labute approximate surface area is 457 Å². The molecule has 0 spiro atoms. The summed E-state index contributed by atoms with van der Waals surface area (Å²) in [6.45, 7) is 27.1. The van der Waals surface area contributed by atoms with Crippen molar-refractivity contribution < 1.29 is 16.3 Å². The van der Waals surface area contributed by atoms with Gasteiger partial charge in [-0.05, 0) is 128 Å². The van der Waals surface area contributed by atoms with Gasteiger partial charge in [0.15, 0.2) is 0 Å². The minimum Gasteiger partial charge on any atom is -0.457 e. The molecule has 0 bridgehead atoms. The van der Waals surface area contributed by atoms with Crippen molar-refractivity contribution in [2.75, 3.05) is 16.5 Å². The molecule has 0 saturated heterocycles. The number of hydrogen-bond donors (Lipinski definition) is 0. The molecule has 1 aliphatic rings. The lowest BCUT2D eigenvalue weighted by atomic mass is 9.80. The fourth-order valence-electron chi connectivity index (χ4n) is 10.2. The fraction of sp³-hybridized carbons (Fsp3) is 0.243. The van der Waals surface area contributed by atoms with Crippen LogP contribution in [0.2, 0.25) is 0 Å². The zero-order valence-corrected chi connectivity index (χ0v) is 45.9. The molecule has 382 valence electrons. The van der Waals surface area contributed by atoms with Crippen LogP contribution in [0.15, 0.2) is 194 Å². The monoisotopic (exact) mass is 1000 g/mol. The van der Waals surface area contributed by atoms with Gasteiger partial charge in [-0.25, -0.2) is 4.98 Å². The minimum atomic E-state index is -0.457. The topological polar surface area (TPSA) is 42.8 Å². The van der Waals surface area contributed by atoms with Crippen molar-refractivity contribution in [3.63, 3.8) is 0 Å². The lowest BCUT2D eigenvalue weighted by Crippen LogP contribution is -2.25. The highest BCUT2D eigenvalue weighted by Gasteiger charge is 2.31. The molecule has 8 aromatic carbocycles. The molecule has 1 aliphatic heterocycles. The first-order valence-corrected chi connectivity index (χ1v) is 26.4. The average Bonchev–Trinajstić information content (AvgIpc) is 4.24. The highest BCUT2D eigenvalue weighted by atomic mass is 16.5. The lowest BCUT2D eigenvalue weighted by Gasteiger charge is -2.29. The predicted octanol–water partition coefficient (Wildman–Crippen LogP) is 19.5. The third kappa shape index (κ3) is 9.73. The van der Waals surface area contributed by atoms with Crippen molar-refractivity contribution in [1.82, 2.24) is 9.55 Å². The first kappa shape index (κ1) is 44.2. The summed E-state index contributed by atoms with van der Waals surface area (Å²) in [6, 6.07) is 52.5. The first-order valence-electron chi connectivity index (χ1n) is 28.9. The second-order valence-electron chi connectivity index (χ2n) is 24.3. The van der Waals surface area contributed by atoms with Crippen LogP contribution in [0.3, 0.4) is 0 Å². The molecule has 0 fully saturated rings. The Hall–Kier alpha value is -8.09. The van der Waals surface area contributed by atoms with Gasteiger partial charge in [0, 0.05) is 57.7 Å². The number of pyridine rings is 1. The normalized spacial score (nSPS) is 14.1. The van der Waals surface area contributed by atoms with Crippen molar-refractivity contribution in [3.05, 3.63) is 216 Å². The summed E-state index contributed by atoms with van der Waals surface area (Å²) in [5, 5.41) is 2.05. The molecule has 6 nitrogen and oxygen atoms in total. The molecule has 0 N–H and O–H groups in total. The Balaban J connectivity index is 0.984. The number of rotatable bonds is 9. The summed E-state index contributed by atoms with van der Waals surface area (Å²) in [7, 11) is 0. The summed E-state index contributed by atoms with van der Waals surface area (Å²) < 4.78 is 60.5. The SMILES string of the molecule is [2H]c1c([2H])c([2H])c(-c2cc(C(C)(C)C)cc(-c3ccc(C(C)(C)C)cc3)c2Oc2ccnc(-n3c4ccccc4c4ccc(Oc5cccc(N6CN(c7cc(C(C)(C)C)cc(C(C)(C)C)c7)c7ccccc76)c5)cc43)c2)c([2H])c1[2H]. The molecule has 76 heavy (non-hydrogen) atoms.